The summed E-state index contributed by atoms with van der Waals surface area (Å²) in [6.07, 6.45) is -4.31. The summed E-state index contributed by atoms with van der Waals surface area (Å²) in [5.74, 6) is -0.752. The molecule has 0 aromatic heterocycles. The minimum atomic E-state index is -4.24. The minimum Gasteiger partial charge on any atom is -0.489 e. The lowest BCUT2D eigenvalue weighted by molar-refractivity contribution is -0.168. The van der Waals surface area contributed by atoms with Crippen molar-refractivity contribution < 1.29 is 23.0 Å². The molecule has 25 heavy (non-hydrogen) atoms. The largest absolute Gasteiger partial charge is 0.489 e. The number of aliphatic hydroxyl groups is 1. The molecule has 0 saturated carbocycles. The molecular formula is C19H20F3NO2. The van der Waals surface area contributed by atoms with E-state index < -0.39 is 18.1 Å². The highest BCUT2D eigenvalue weighted by Gasteiger charge is 2.47. The molecule has 2 aromatic carbocycles. The third kappa shape index (κ3) is 4.25. The molecular weight excluding hydrogens is 331 g/mol. The highest BCUT2D eigenvalue weighted by molar-refractivity contribution is 5.51. The molecule has 1 heterocycles. The molecule has 0 bridgehead atoms. The summed E-state index contributed by atoms with van der Waals surface area (Å²) in [7, 11) is 0. The zero-order valence-corrected chi connectivity index (χ0v) is 13.6. The predicted molar refractivity (Wildman–Crippen MR) is 89.6 cm³/mol. The van der Waals surface area contributed by atoms with Crippen LogP contribution in [0.15, 0.2) is 54.6 Å². The van der Waals surface area contributed by atoms with E-state index in [2.05, 4.69) is 0 Å². The van der Waals surface area contributed by atoms with E-state index in [1.165, 1.54) is 0 Å². The van der Waals surface area contributed by atoms with Gasteiger partial charge in [-0.05, 0) is 36.2 Å². The van der Waals surface area contributed by atoms with Crippen molar-refractivity contribution in [1.29, 1.82) is 0 Å². The molecule has 6 heteroatoms. The second-order valence-corrected chi connectivity index (χ2v) is 6.23. The van der Waals surface area contributed by atoms with Crippen LogP contribution in [0.25, 0.3) is 0 Å². The molecule has 2 unspecified atom stereocenters. The molecule has 0 radical (unpaired) electrons. The van der Waals surface area contributed by atoms with Crippen molar-refractivity contribution in [3.8, 4) is 5.75 Å². The van der Waals surface area contributed by atoms with Crippen molar-refractivity contribution in [1.82, 2.24) is 0 Å². The van der Waals surface area contributed by atoms with Crippen LogP contribution in [0.5, 0.6) is 5.75 Å². The third-order valence-electron chi connectivity index (χ3n) is 4.50. The zero-order valence-electron chi connectivity index (χ0n) is 13.6. The Balaban J connectivity index is 1.65. The van der Waals surface area contributed by atoms with Crippen LogP contribution < -0.4 is 9.64 Å². The number of benzene rings is 2. The summed E-state index contributed by atoms with van der Waals surface area (Å²) in [6.45, 7) is 0.0110. The Morgan fingerprint density at radius 3 is 2.32 bits per heavy atom. The van der Waals surface area contributed by atoms with Crippen LogP contribution in [-0.2, 0) is 6.61 Å². The van der Waals surface area contributed by atoms with Crippen LogP contribution in [0.2, 0.25) is 0 Å². The summed E-state index contributed by atoms with van der Waals surface area (Å²) in [4.78, 5) is 1.62. The SMILES string of the molecule is OCC1CC(C(F)(F)F)CN1c1ccc(OCc2ccccc2)cc1. The first-order chi connectivity index (χ1) is 12.0. The number of ether oxygens (including phenoxy) is 1. The Labute approximate surface area is 144 Å². The smallest absolute Gasteiger partial charge is 0.393 e. The van der Waals surface area contributed by atoms with E-state index in [1.54, 1.807) is 29.2 Å². The van der Waals surface area contributed by atoms with Crippen LogP contribution >= 0.6 is 0 Å². The number of rotatable bonds is 5. The van der Waals surface area contributed by atoms with Crippen molar-refractivity contribution >= 4 is 5.69 Å². The Kier molecular flexibility index (Phi) is 5.18. The number of aliphatic hydroxyl groups excluding tert-OH is 1. The first-order valence-corrected chi connectivity index (χ1v) is 8.18. The molecule has 2 aromatic rings. The number of nitrogens with zero attached hydrogens (tertiary/aromatic N) is 1. The Morgan fingerprint density at radius 1 is 1.04 bits per heavy atom. The summed E-state index contributed by atoms with van der Waals surface area (Å²) >= 11 is 0. The zero-order chi connectivity index (χ0) is 17.9. The van der Waals surface area contributed by atoms with E-state index >= 15 is 0 Å². The summed E-state index contributed by atoms with van der Waals surface area (Å²) in [6, 6.07) is 16.2. The van der Waals surface area contributed by atoms with Gasteiger partial charge in [-0.2, -0.15) is 13.2 Å². The summed E-state index contributed by atoms with van der Waals surface area (Å²) in [5.41, 5.74) is 1.71. The second kappa shape index (κ2) is 7.35. The maximum atomic E-state index is 13.0. The molecule has 0 amide bonds. The van der Waals surface area contributed by atoms with Crippen molar-refractivity contribution in [3.05, 3.63) is 60.2 Å². The molecule has 1 fully saturated rings. The van der Waals surface area contributed by atoms with Gasteiger partial charge in [0.15, 0.2) is 0 Å². The van der Waals surface area contributed by atoms with Crippen molar-refractivity contribution in [2.75, 3.05) is 18.1 Å². The molecule has 1 saturated heterocycles. The van der Waals surface area contributed by atoms with E-state index in [0.29, 0.717) is 18.0 Å². The molecule has 0 aliphatic carbocycles. The van der Waals surface area contributed by atoms with E-state index in [-0.39, 0.29) is 19.6 Å². The maximum Gasteiger partial charge on any atom is 0.393 e. The Morgan fingerprint density at radius 2 is 1.72 bits per heavy atom. The lowest BCUT2D eigenvalue weighted by Crippen LogP contribution is -2.32. The fourth-order valence-corrected chi connectivity index (χ4v) is 3.12. The first kappa shape index (κ1) is 17.6. The standard InChI is InChI=1S/C19H20F3NO2/c20-19(21,22)15-10-17(12-24)23(11-15)16-6-8-18(9-7-16)25-13-14-4-2-1-3-5-14/h1-9,15,17,24H,10-13H2. The molecule has 0 spiro atoms. The fourth-order valence-electron chi connectivity index (χ4n) is 3.12. The minimum absolute atomic E-state index is 0.0771. The van der Waals surface area contributed by atoms with Gasteiger partial charge >= 0.3 is 6.18 Å². The highest BCUT2D eigenvalue weighted by atomic mass is 19.4. The summed E-state index contributed by atoms with van der Waals surface area (Å²) in [5, 5.41) is 9.41. The molecule has 1 aliphatic heterocycles. The predicted octanol–water partition coefficient (Wildman–Crippen LogP) is 4.02. The lowest BCUT2D eigenvalue weighted by Gasteiger charge is -2.25. The fraction of sp³-hybridized carbons (Fsp3) is 0.368. The monoisotopic (exact) mass is 351 g/mol. The van der Waals surface area contributed by atoms with Crippen LogP contribution in [0.1, 0.15) is 12.0 Å². The molecule has 2 atom stereocenters. The quantitative estimate of drug-likeness (QED) is 0.883. The van der Waals surface area contributed by atoms with E-state index in [4.69, 9.17) is 4.74 Å². The topological polar surface area (TPSA) is 32.7 Å². The van der Waals surface area contributed by atoms with Gasteiger partial charge in [0.25, 0.3) is 0 Å². The number of hydrogen-bond donors (Lipinski definition) is 1. The van der Waals surface area contributed by atoms with E-state index in [1.807, 2.05) is 30.3 Å². The third-order valence-corrected chi connectivity index (χ3v) is 4.50. The van der Waals surface area contributed by atoms with Gasteiger partial charge in [-0.15, -0.1) is 0 Å². The second-order valence-electron chi connectivity index (χ2n) is 6.23. The van der Waals surface area contributed by atoms with Gasteiger partial charge in [0.2, 0.25) is 0 Å². The van der Waals surface area contributed by atoms with Crippen molar-refractivity contribution in [2.45, 2.75) is 25.2 Å². The van der Waals surface area contributed by atoms with Gasteiger partial charge in [0.1, 0.15) is 12.4 Å². The normalized spacial score (nSPS) is 20.7. The number of anilines is 1. The summed E-state index contributed by atoms with van der Waals surface area (Å²) < 4.78 is 44.6. The highest BCUT2D eigenvalue weighted by Crippen LogP contribution is 2.38. The molecule has 134 valence electrons. The van der Waals surface area contributed by atoms with Crippen LogP contribution in [-0.4, -0.2) is 30.5 Å². The number of alkyl halides is 3. The number of halogens is 3. The van der Waals surface area contributed by atoms with Gasteiger partial charge < -0.3 is 14.7 Å². The van der Waals surface area contributed by atoms with Gasteiger partial charge in [-0.25, -0.2) is 0 Å². The molecule has 1 N–H and O–H groups in total. The molecule has 3 nitrogen and oxygen atoms in total. The first-order valence-electron chi connectivity index (χ1n) is 8.18. The van der Waals surface area contributed by atoms with Gasteiger partial charge in [0.05, 0.1) is 18.6 Å². The van der Waals surface area contributed by atoms with Gasteiger partial charge in [0, 0.05) is 12.2 Å². The average Bonchev–Trinajstić information content (AvgIpc) is 3.06. The number of hydrogen-bond acceptors (Lipinski definition) is 3. The maximum absolute atomic E-state index is 13.0. The van der Waals surface area contributed by atoms with Crippen molar-refractivity contribution in [2.24, 2.45) is 5.92 Å². The van der Waals surface area contributed by atoms with Crippen molar-refractivity contribution in [3.63, 3.8) is 0 Å². The molecule has 1 aliphatic rings. The lowest BCUT2D eigenvalue weighted by atomic mass is 10.1. The van der Waals surface area contributed by atoms with Crippen LogP contribution in [0.3, 0.4) is 0 Å². The molecule has 3 rings (SSSR count). The Bertz CT molecular complexity index is 673. The van der Waals surface area contributed by atoms with Gasteiger partial charge in [-0.1, -0.05) is 30.3 Å². The average molecular weight is 351 g/mol. The van der Waals surface area contributed by atoms with Crippen LogP contribution in [0, 0.1) is 5.92 Å². The Hall–Kier alpha value is -2.21. The van der Waals surface area contributed by atoms with Crippen LogP contribution in [0.4, 0.5) is 18.9 Å². The van der Waals surface area contributed by atoms with E-state index in [0.717, 1.165) is 5.56 Å². The van der Waals surface area contributed by atoms with E-state index in [9.17, 15) is 18.3 Å². The van der Waals surface area contributed by atoms with Gasteiger partial charge in [-0.3, -0.25) is 0 Å².